The van der Waals surface area contributed by atoms with Gasteiger partial charge in [-0.25, -0.2) is 29.0 Å². The van der Waals surface area contributed by atoms with Gasteiger partial charge < -0.3 is 19.8 Å². The molecule has 8 heterocycles. The van der Waals surface area contributed by atoms with Crippen LogP contribution in [0.1, 0.15) is 73.2 Å². The summed E-state index contributed by atoms with van der Waals surface area (Å²) in [5.41, 5.74) is 10.8. The van der Waals surface area contributed by atoms with E-state index in [-0.39, 0.29) is 0 Å². The first-order valence-electron chi connectivity index (χ1n) is 21.4. The molecule has 2 aromatic carbocycles. The van der Waals surface area contributed by atoms with Gasteiger partial charge in [-0.15, -0.1) is 0 Å². The van der Waals surface area contributed by atoms with Crippen LogP contribution in [0.25, 0.3) is 22.6 Å². The molecule has 62 heavy (non-hydrogen) atoms. The van der Waals surface area contributed by atoms with Crippen molar-refractivity contribution in [1.82, 2.24) is 39.2 Å². The molecule has 14 heteroatoms. The van der Waals surface area contributed by atoms with Gasteiger partial charge in [-0.2, -0.15) is 10.2 Å². The van der Waals surface area contributed by atoms with Crippen LogP contribution in [0.2, 0.25) is 5.15 Å². The van der Waals surface area contributed by atoms with Crippen LogP contribution in [-0.2, 0) is 12.8 Å². The van der Waals surface area contributed by atoms with Crippen molar-refractivity contribution in [2.24, 2.45) is 0 Å². The number of benzene rings is 2. The van der Waals surface area contributed by atoms with Crippen molar-refractivity contribution in [3.8, 4) is 11.3 Å². The number of rotatable bonds is 8. The van der Waals surface area contributed by atoms with Gasteiger partial charge in [0.25, 0.3) is 0 Å². The van der Waals surface area contributed by atoms with E-state index < -0.39 is 7.12 Å². The smallest absolute Gasteiger partial charge is 0.423 e. The summed E-state index contributed by atoms with van der Waals surface area (Å²) < 4.78 is 3.59. The molecule has 2 unspecified atom stereocenters. The first-order valence-corrected chi connectivity index (χ1v) is 21.7. The highest BCUT2D eigenvalue weighted by Gasteiger charge is 2.23. The van der Waals surface area contributed by atoms with Crippen molar-refractivity contribution < 1.29 is 10.0 Å². The Morgan fingerprint density at radius 1 is 0.645 bits per heavy atom. The molecule has 8 aromatic rings. The van der Waals surface area contributed by atoms with Crippen LogP contribution in [-0.4, -0.2) is 81.5 Å². The molecule has 2 fully saturated rings. The second kappa shape index (κ2) is 19.3. The van der Waals surface area contributed by atoms with Gasteiger partial charge in [0.05, 0.1) is 5.69 Å². The Hall–Kier alpha value is -6.15. The first-order chi connectivity index (χ1) is 30.1. The van der Waals surface area contributed by atoms with Gasteiger partial charge in [-0.1, -0.05) is 77.8 Å². The normalized spacial score (nSPS) is 16.0. The number of hydrogen-bond acceptors (Lipinski definition) is 10. The fraction of sp³-hybridized carbons (Fsp3) is 0.292. The number of nitrogens with zero attached hydrogens (tertiary/aromatic N) is 10. The average Bonchev–Trinajstić information content (AvgIpc) is 4.11. The van der Waals surface area contributed by atoms with Gasteiger partial charge >= 0.3 is 7.12 Å². The molecule has 0 saturated carbocycles. The lowest BCUT2D eigenvalue weighted by atomic mass is 9.77. The molecule has 0 amide bonds. The van der Waals surface area contributed by atoms with E-state index in [0.29, 0.717) is 29.1 Å². The minimum absolute atomic E-state index is 0.467. The summed E-state index contributed by atoms with van der Waals surface area (Å²) in [5.74, 6) is 2.15. The summed E-state index contributed by atoms with van der Waals surface area (Å²) in [6.45, 7) is 10.7. The molecule has 6 aromatic heterocycles. The molecule has 12 nitrogen and oxygen atoms in total. The van der Waals surface area contributed by atoms with Crippen molar-refractivity contribution in [1.29, 1.82) is 0 Å². The van der Waals surface area contributed by atoms with E-state index in [1.165, 1.54) is 31.2 Å². The lowest BCUT2D eigenvalue weighted by Gasteiger charge is -2.23. The summed E-state index contributed by atoms with van der Waals surface area (Å²) in [5, 5.41) is 27.0. The summed E-state index contributed by atoms with van der Waals surface area (Å²) in [7, 11) is -1.35. The molecular weight excluding hydrogens is 795 g/mol. The zero-order valence-corrected chi connectivity index (χ0v) is 36.4. The van der Waals surface area contributed by atoms with Crippen molar-refractivity contribution >= 4 is 47.1 Å². The Bertz CT molecular complexity index is 2780. The zero-order valence-electron chi connectivity index (χ0n) is 35.7. The minimum atomic E-state index is -1.35. The number of pyridine rings is 2. The van der Waals surface area contributed by atoms with E-state index >= 15 is 0 Å². The van der Waals surface area contributed by atoms with Crippen LogP contribution in [0, 0.1) is 13.8 Å². The first kappa shape index (κ1) is 42.5. The number of imidazole rings is 2. The van der Waals surface area contributed by atoms with Crippen molar-refractivity contribution in [2.75, 3.05) is 22.9 Å². The molecule has 0 aliphatic carbocycles. The fourth-order valence-electron chi connectivity index (χ4n) is 8.45. The lowest BCUT2D eigenvalue weighted by molar-refractivity contribution is 0.425. The highest BCUT2D eigenvalue weighted by atomic mass is 35.5. The zero-order chi connectivity index (χ0) is 43.2. The monoisotopic (exact) mass is 846 g/mol. The predicted molar refractivity (Wildman–Crippen MR) is 248 cm³/mol. The molecule has 10 rings (SSSR count). The highest BCUT2D eigenvalue weighted by Crippen LogP contribution is 2.28. The molecule has 2 N–H and O–H groups in total. The van der Waals surface area contributed by atoms with E-state index in [1.807, 2.05) is 42.0 Å². The highest BCUT2D eigenvalue weighted by molar-refractivity contribution is 6.59. The van der Waals surface area contributed by atoms with Crippen molar-refractivity contribution in [2.45, 2.75) is 78.3 Å². The maximum atomic E-state index is 8.76. The molecular formula is C48H52BClN10O2. The molecule has 2 atom stereocenters. The van der Waals surface area contributed by atoms with Gasteiger partial charge in [-0.05, 0) is 101 Å². The molecule has 0 radical (unpaired) electrons. The topological polar surface area (TPSA) is 133 Å². The standard InChI is InChI=1S/C24H25N5.C17H18ClN5.C7H9BO2/c1-17-7-3-4-10-21(17)22-16-19(24-25-12-14-29(24)27-22)15-20-9-5-11-23(26-20)28-13-6-8-18(28)2;1-12-4-3-8-22(12)16-6-2-5-14(20-16)10-13-11-15(18)21-23-9-7-19-17(13)23;1-6-4-2-3-5-7(6)8(9)10/h3-5,7,9-12,14,16,18H,6,8,13,15H2,1-2H3;2,5-7,9,11-12H,3-4,8,10H2,1H3;2-5,9-10H,1H3. The minimum Gasteiger partial charge on any atom is -0.423 e. The van der Waals surface area contributed by atoms with Crippen LogP contribution in [0.3, 0.4) is 0 Å². The van der Waals surface area contributed by atoms with Gasteiger partial charge in [0, 0.05) is 90.9 Å². The second-order valence-electron chi connectivity index (χ2n) is 16.2. The van der Waals surface area contributed by atoms with Gasteiger partial charge in [0.15, 0.2) is 11.3 Å². The summed E-state index contributed by atoms with van der Waals surface area (Å²) in [6, 6.07) is 33.3. The summed E-state index contributed by atoms with van der Waals surface area (Å²) in [4.78, 5) is 23.5. The molecule has 2 saturated heterocycles. The quantitative estimate of drug-likeness (QED) is 0.147. The molecule has 0 spiro atoms. The van der Waals surface area contributed by atoms with E-state index in [1.54, 1.807) is 29.0 Å². The largest absolute Gasteiger partial charge is 0.488 e. The predicted octanol–water partition coefficient (Wildman–Crippen LogP) is 7.71. The lowest BCUT2D eigenvalue weighted by Crippen LogP contribution is -2.31. The Labute approximate surface area is 368 Å². The van der Waals surface area contributed by atoms with Gasteiger partial charge in [0.2, 0.25) is 0 Å². The number of aromatic nitrogens is 8. The molecule has 0 bridgehead atoms. The number of fused-ring (bicyclic) bond motifs is 2. The Kier molecular flexibility index (Phi) is 13.2. The van der Waals surface area contributed by atoms with E-state index in [4.69, 9.17) is 36.7 Å². The van der Waals surface area contributed by atoms with Gasteiger partial charge in [-0.3, -0.25) is 0 Å². The Morgan fingerprint density at radius 3 is 1.69 bits per heavy atom. The number of anilines is 2. The SMILES string of the molecule is CC1CCCN1c1cccc(Cc2cc(Cl)nn3ccnc23)n1.Cc1ccccc1-c1cc(Cc2cccc(N3CCCC3C)n2)c2nccn2n1.Cc1ccccc1B(O)O. The number of halogens is 1. The summed E-state index contributed by atoms with van der Waals surface area (Å²) in [6.07, 6.45) is 13.6. The number of hydrogen-bond donors (Lipinski definition) is 2. The average molecular weight is 847 g/mol. The molecule has 2 aliphatic heterocycles. The third-order valence-electron chi connectivity index (χ3n) is 11.8. The summed E-state index contributed by atoms with van der Waals surface area (Å²) >= 11 is 6.11. The second-order valence-corrected chi connectivity index (χ2v) is 16.6. The van der Waals surface area contributed by atoms with E-state index in [0.717, 1.165) is 81.8 Å². The molecule has 2 aliphatic rings. The number of aryl methyl sites for hydroxylation is 2. The maximum absolute atomic E-state index is 8.76. The Morgan fingerprint density at radius 2 is 1.18 bits per heavy atom. The van der Waals surface area contributed by atoms with Crippen LogP contribution in [0.4, 0.5) is 11.6 Å². The van der Waals surface area contributed by atoms with Crippen LogP contribution >= 0.6 is 11.6 Å². The van der Waals surface area contributed by atoms with Crippen LogP contribution < -0.4 is 15.3 Å². The van der Waals surface area contributed by atoms with Gasteiger partial charge in [0.1, 0.15) is 16.8 Å². The molecule has 316 valence electrons. The van der Waals surface area contributed by atoms with Crippen LogP contribution in [0.15, 0.2) is 122 Å². The van der Waals surface area contributed by atoms with Crippen molar-refractivity contribution in [3.63, 3.8) is 0 Å². The maximum Gasteiger partial charge on any atom is 0.488 e. The van der Waals surface area contributed by atoms with E-state index in [2.05, 4.69) is 112 Å². The van der Waals surface area contributed by atoms with Crippen molar-refractivity contribution in [3.05, 3.63) is 161 Å². The third kappa shape index (κ3) is 9.81. The van der Waals surface area contributed by atoms with Crippen LogP contribution in [0.5, 0.6) is 0 Å². The van der Waals surface area contributed by atoms with E-state index in [9.17, 15) is 0 Å². The third-order valence-corrected chi connectivity index (χ3v) is 11.9. The Balaban J connectivity index is 0.000000143. The fourth-order valence-corrected chi connectivity index (χ4v) is 8.66.